The molecule has 4 nitrogen and oxygen atoms in total. The zero-order chi connectivity index (χ0) is 15.7. The largest absolute Gasteiger partial charge is 0.389 e. The normalized spacial score (nSPS) is 11.0. The van der Waals surface area contributed by atoms with Crippen LogP contribution in [0.1, 0.15) is 51.5 Å². The molecule has 0 spiro atoms. The number of carbonyl (C=O) groups excluding carboxylic acids is 1. The second-order valence-corrected chi connectivity index (χ2v) is 5.48. The van der Waals surface area contributed by atoms with Gasteiger partial charge in [0.2, 0.25) is 5.91 Å². The summed E-state index contributed by atoms with van der Waals surface area (Å²) < 4.78 is 0. The molecule has 0 radical (unpaired) electrons. The first-order chi connectivity index (χ1) is 10.0. The number of nitrogens with zero attached hydrogens (tertiary/aromatic N) is 1. The third-order valence-corrected chi connectivity index (χ3v) is 3.44. The van der Waals surface area contributed by atoms with Crippen LogP contribution in [-0.2, 0) is 11.2 Å². The minimum atomic E-state index is -0.908. The molecule has 0 unspecified atom stereocenters. The second-order valence-electron chi connectivity index (χ2n) is 5.48. The Morgan fingerprint density at radius 1 is 1.24 bits per heavy atom. The smallest absolute Gasteiger partial charge is 0.227 e. The number of nitrogens with one attached hydrogen (secondary N) is 1. The maximum atomic E-state index is 12.1. The average molecular weight is 288 g/mol. The molecule has 0 bridgehead atoms. The van der Waals surface area contributed by atoms with E-state index in [1.165, 1.54) is 0 Å². The SMILES string of the molecule is CCCC(O)(CCC)CC(=O)Nc1ccc(CC#N)cc1. The number of hydrogen-bond acceptors (Lipinski definition) is 3. The van der Waals surface area contributed by atoms with Gasteiger partial charge in [-0.3, -0.25) is 4.79 Å². The summed E-state index contributed by atoms with van der Waals surface area (Å²) in [6.45, 7) is 4.01. The van der Waals surface area contributed by atoms with E-state index in [9.17, 15) is 9.90 Å². The molecule has 0 aromatic heterocycles. The molecule has 0 aliphatic carbocycles. The van der Waals surface area contributed by atoms with E-state index in [4.69, 9.17) is 5.26 Å². The predicted molar refractivity (Wildman–Crippen MR) is 83.8 cm³/mol. The standard InChI is InChI=1S/C17H24N2O2/c1-3-10-17(21,11-4-2)13-16(20)19-15-7-5-14(6-8-15)9-12-18/h5-8,21H,3-4,9-11,13H2,1-2H3,(H,19,20). The van der Waals surface area contributed by atoms with Crippen LogP contribution in [0.25, 0.3) is 0 Å². The van der Waals surface area contributed by atoms with Crippen molar-refractivity contribution in [3.8, 4) is 6.07 Å². The third kappa shape index (κ3) is 5.97. The first kappa shape index (κ1) is 17.2. The summed E-state index contributed by atoms with van der Waals surface area (Å²) in [7, 11) is 0. The number of amides is 1. The topological polar surface area (TPSA) is 73.1 Å². The minimum Gasteiger partial charge on any atom is -0.389 e. The van der Waals surface area contributed by atoms with Crippen LogP contribution < -0.4 is 5.32 Å². The van der Waals surface area contributed by atoms with Gasteiger partial charge in [0.15, 0.2) is 0 Å². The molecular formula is C17H24N2O2. The van der Waals surface area contributed by atoms with Crippen molar-refractivity contribution in [1.29, 1.82) is 5.26 Å². The Bertz CT molecular complexity index is 483. The fraction of sp³-hybridized carbons (Fsp3) is 0.529. The summed E-state index contributed by atoms with van der Waals surface area (Å²) >= 11 is 0. The van der Waals surface area contributed by atoms with Crippen molar-refractivity contribution < 1.29 is 9.90 Å². The maximum Gasteiger partial charge on any atom is 0.227 e. The second kappa shape index (κ2) is 8.43. The number of nitriles is 1. The summed E-state index contributed by atoms with van der Waals surface area (Å²) in [5, 5.41) is 21.9. The van der Waals surface area contributed by atoms with Gasteiger partial charge in [0.25, 0.3) is 0 Å². The van der Waals surface area contributed by atoms with Gasteiger partial charge < -0.3 is 10.4 Å². The van der Waals surface area contributed by atoms with Crippen molar-refractivity contribution in [2.24, 2.45) is 0 Å². The van der Waals surface area contributed by atoms with Crippen LogP contribution in [-0.4, -0.2) is 16.6 Å². The van der Waals surface area contributed by atoms with E-state index >= 15 is 0 Å². The summed E-state index contributed by atoms with van der Waals surface area (Å²) in [6, 6.07) is 9.29. The van der Waals surface area contributed by atoms with Crippen molar-refractivity contribution in [1.82, 2.24) is 0 Å². The molecule has 0 fully saturated rings. The first-order valence-electron chi connectivity index (χ1n) is 7.51. The minimum absolute atomic E-state index is 0.120. The zero-order valence-electron chi connectivity index (χ0n) is 12.9. The fourth-order valence-corrected chi connectivity index (χ4v) is 2.53. The molecule has 114 valence electrons. The quantitative estimate of drug-likeness (QED) is 0.770. The molecule has 0 aliphatic rings. The van der Waals surface area contributed by atoms with Crippen LogP contribution in [0.4, 0.5) is 5.69 Å². The van der Waals surface area contributed by atoms with Crippen LogP contribution >= 0.6 is 0 Å². The van der Waals surface area contributed by atoms with E-state index in [2.05, 4.69) is 11.4 Å². The van der Waals surface area contributed by atoms with E-state index in [1.807, 2.05) is 26.0 Å². The lowest BCUT2D eigenvalue weighted by Crippen LogP contribution is -2.33. The van der Waals surface area contributed by atoms with E-state index < -0.39 is 5.60 Å². The number of aliphatic hydroxyl groups is 1. The number of anilines is 1. The summed E-state index contributed by atoms with van der Waals surface area (Å²) in [5.74, 6) is -0.174. The Morgan fingerprint density at radius 3 is 2.29 bits per heavy atom. The highest BCUT2D eigenvalue weighted by atomic mass is 16.3. The number of rotatable bonds is 8. The maximum absolute atomic E-state index is 12.1. The molecule has 1 aromatic rings. The lowest BCUT2D eigenvalue weighted by atomic mass is 9.89. The van der Waals surface area contributed by atoms with Gasteiger partial charge in [0.1, 0.15) is 0 Å². The third-order valence-electron chi connectivity index (χ3n) is 3.44. The Morgan fingerprint density at radius 2 is 1.81 bits per heavy atom. The van der Waals surface area contributed by atoms with Crippen molar-refractivity contribution in [2.75, 3.05) is 5.32 Å². The van der Waals surface area contributed by atoms with Crippen LogP contribution in [0.5, 0.6) is 0 Å². The Labute approximate surface area is 126 Å². The Kier molecular flexibility index (Phi) is 6.90. The van der Waals surface area contributed by atoms with E-state index in [0.717, 1.165) is 18.4 Å². The van der Waals surface area contributed by atoms with Gasteiger partial charge in [-0.2, -0.15) is 5.26 Å². The zero-order valence-corrected chi connectivity index (χ0v) is 12.9. The van der Waals surface area contributed by atoms with Crippen molar-refractivity contribution in [3.05, 3.63) is 29.8 Å². The van der Waals surface area contributed by atoms with Gasteiger partial charge in [0.05, 0.1) is 24.5 Å². The number of benzene rings is 1. The number of carbonyl (C=O) groups is 1. The van der Waals surface area contributed by atoms with Gasteiger partial charge in [0, 0.05) is 5.69 Å². The lowest BCUT2D eigenvalue weighted by Gasteiger charge is -2.26. The molecule has 0 saturated heterocycles. The highest BCUT2D eigenvalue weighted by Gasteiger charge is 2.28. The molecule has 2 N–H and O–H groups in total. The Hall–Kier alpha value is -1.86. The first-order valence-corrected chi connectivity index (χ1v) is 7.51. The summed E-state index contributed by atoms with van der Waals surface area (Å²) in [4.78, 5) is 12.1. The van der Waals surface area contributed by atoms with E-state index in [1.54, 1.807) is 12.1 Å². The van der Waals surface area contributed by atoms with Crippen molar-refractivity contribution in [3.63, 3.8) is 0 Å². The van der Waals surface area contributed by atoms with Crippen molar-refractivity contribution >= 4 is 11.6 Å². The molecule has 1 aromatic carbocycles. The van der Waals surface area contributed by atoms with Crippen LogP contribution in [0.15, 0.2) is 24.3 Å². The van der Waals surface area contributed by atoms with Crippen LogP contribution in [0.3, 0.4) is 0 Å². The predicted octanol–water partition coefficient (Wildman–Crippen LogP) is 3.41. The van der Waals surface area contributed by atoms with Gasteiger partial charge in [-0.05, 0) is 30.5 Å². The van der Waals surface area contributed by atoms with E-state index in [0.29, 0.717) is 24.9 Å². The molecule has 0 atom stereocenters. The molecule has 1 amide bonds. The monoisotopic (exact) mass is 288 g/mol. The Balaban J connectivity index is 2.61. The van der Waals surface area contributed by atoms with Crippen molar-refractivity contribution in [2.45, 2.75) is 58.0 Å². The highest BCUT2D eigenvalue weighted by molar-refractivity contribution is 5.91. The van der Waals surface area contributed by atoms with E-state index in [-0.39, 0.29) is 12.3 Å². The summed E-state index contributed by atoms with van der Waals surface area (Å²) in [6.07, 6.45) is 3.46. The molecule has 4 heteroatoms. The number of hydrogen-bond donors (Lipinski definition) is 2. The molecule has 0 saturated carbocycles. The molecule has 21 heavy (non-hydrogen) atoms. The fourth-order valence-electron chi connectivity index (χ4n) is 2.53. The molecule has 0 aliphatic heterocycles. The lowest BCUT2D eigenvalue weighted by molar-refractivity contribution is -0.121. The van der Waals surface area contributed by atoms with Crippen LogP contribution in [0.2, 0.25) is 0 Å². The highest BCUT2D eigenvalue weighted by Crippen LogP contribution is 2.24. The summed E-state index contributed by atoms with van der Waals surface area (Å²) in [5.41, 5.74) is 0.704. The van der Waals surface area contributed by atoms with Gasteiger partial charge >= 0.3 is 0 Å². The molecule has 1 rings (SSSR count). The van der Waals surface area contributed by atoms with Gasteiger partial charge in [-0.1, -0.05) is 38.8 Å². The average Bonchev–Trinajstić information content (AvgIpc) is 2.41. The van der Waals surface area contributed by atoms with Gasteiger partial charge in [-0.15, -0.1) is 0 Å². The molecular weight excluding hydrogens is 264 g/mol. The molecule has 0 heterocycles. The van der Waals surface area contributed by atoms with Gasteiger partial charge in [-0.25, -0.2) is 0 Å². The van der Waals surface area contributed by atoms with Crippen LogP contribution in [0, 0.1) is 11.3 Å².